The summed E-state index contributed by atoms with van der Waals surface area (Å²) in [6, 6.07) is 0. The molecule has 6 heteroatoms. The second-order valence-electron chi connectivity index (χ2n) is 10.8. The molecule has 4 unspecified atom stereocenters. The van der Waals surface area contributed by atoms with Crippen LogP contribution in [0.1, 0.15) is 79.1 Å². The molecule has 0 aromatic heterocycles. The normalized spacial score (nSPS) is 43.7. The van der Waals surface area contributed by atoms with Crippen molar-refractivity contribution in [2.75, 3.05) is 6.61 Å². The highest BCUT2D eigenvalue weighted by Crippen LogP contribution is 2.67. The molecule has 0 saturated heterocycles. The predicted molar refractivity (Wildman–Crippen MR) is 114 cm³/mol. The number of fused-ring (bicyclic) bond motifs is 5. The quantitative estimate of drug-likeness (QED) is 0.538. The first-order chi connectivity index (χ1) is 14.5. The molecular formula is C25H36O6. The minimum atomic E-state index is -1.42. The van der Waals surface area contributed by atoms with E-state index >= 15 is 0 Å². The Hall–Kier alpha value is -1.69. The van der Waals surface area contributed by atoms with Gasteiger partial charge in [0.15, 0.2) is 6.61 Å². The largest absolute Gasteiger partial charge is 0.462 e. The summed E-state index contributed by atoms with van der Waals surface area (Å²) in [5.41, 5.74) is -0.379. The number of ether oxygens (including phenoxy) is 2. The first kappa shape index (κ1) is 22.5. The monoisotopic (exact) mass is 432 g/mol. The lowest BCUT2D eigenvalue weighted by Gasteiger charge is -2.58. The predicted octanol–water partition coefficient (Wildman–Crippen LogP) is 3.74. The molecule has 6 nitrogen and oxygen atoms in total. The van der Waals surface area contributed by atoms with Crippen LogP contribution in [0.2, 0.25) is 0 Å². The maximum atomic E-state index is 12.9. The van der Waals surface area contributed by atoms with Crippen molar-refractivity contribution in [2.24, 2.45) is 28.6 Å². The number of hydrogen-bond donors (Lipinski definition) is 1. The van der Waals surface area contributed by atoms with Gasteiger partial charge < -0.3 is 14.6 Å². The molecule has 31 heavy (non-hydrogen) atoms. The summed E-state index contributed by atoms with van der Waals surface area (Å²) in [5.74, 6) is 0.176. The van der Waals surface area contributed by atoms with E-state index in [0.717, 1.165) is 44.9 Å². The van der Waals surface area contributed by atoms with Gasteiger partial charge in [0.2, 0.25) is 5.78 Å². The fourth-order valence-electron chi connectivity index (χ4n) is 7.72. The van der Waals surface area contributed by atoms with E-state index in [2.05, 4.69) is 19.9 Å². The Balaban J connectivity index is 1.56. The van der Waals surface area contributed by atoms with Crippen molar-refractivity contribution in [1.82, 2.24) is 0 Å². The zero-order valence-corrected chi connectivity index (χ0v) is 19.2. The van der Waals surface area contributed by atoms with E-state index < -0.39 is 17.0 Å². The Kier molecular flexibility index (Phi) is 5.60. The fourth-order valence-corrected chi connectivity index (χ4v) is 7.72. The van der Waals surface area contributed by atoms with E-state index in [-0.39, 0.29) is 35.8 Å². The first-order valence-corrected chi connectivity index (χ1v) is 11.8. The van der Waals surface area contributed by atoms with Crippen molar-refractivity contribution in [1.29, 1.82) is 0 Å². The smallest absolute Gasteiger partial charge is 0.303 e. The van der Waals surface area contributed by atoms with Crippen molar-refractivity contribution < 1.29 is 29.0 Å². The zero-order valence-electron chi connectivity index (χ0n) is 19.2. The molecule has 172 valence electrons. The summed E-state index contributed by atoms with van der Waals surface area (Å²) in [7, 11) is 0. The molecule has 3 fully saturated rings. The molecule has 0 spiro atoms. The number of esters is 2. The van der Waals surface area contributed by atoms with Crippen molar-refractivity contribution in [3.8, 4) is 0 Å². The third kappa shape index (κ3) is 3.46. The van der Waals surface area contributed by atoms with Crippen LogP contribution >= 0.6 is 0 Å². The Labute approximate surface area is 184 Å². The van der Waals surface area contributed by atoms with Crippen LogP contribution < -0.4 is 0 Å². The van der Waals surface area contributed by atoms with E-state index in [1.165, 1.54) is 19.4 Å². The Morgan fingerprint density at radius 1 is 1.03 bits per heavy atom. The maximum Gasteiger partial charge on any atom is 0.303 e. The van der Waals surface area contributed by atoms with Crippen LogP contribution in [-0.2, 0) is 23.9 Å². The lowest BCUT2D eigenvalue weighted by molar-refractivity contribution is -0.169. The molecule has 0 radical (unpaired) electrons. The van der Waals surface area contributed by atoms with Gasteiger partial charge in [0.05, 0.1) is 0 Å². The topological polar surface area (TPSA) is 89.9 Å². The van der Waals surface area contributed by atoms with E-state index in [1.54, 1.807) is 0 Å². The molecule has 0 bridgehead atoms. The van der Waals surface area contributed by atoms with Gasteiger partial charge in [-0.25, -0.2) is 0 Å². The third-order valence-corrected chi connectivity index (χ3v) is 9.41. The number of hydrogen-bond acceptors (Lipinski definition) is 6. The molecular weight excluding hydrogens is 396 g/mol. The van der Waals surface area contributed by atoms with E-state index in [1.807, 2.05) is 0 Å². The number of Topliss-reactive ketones (excluding diaryl/α,β-unsaturated/α-hetero) is 1. The lowest BCUT2D eigenvalue weighted by Crippen LogP contribution is -2.58. The summed E-state index contributed by atoms with van der Waals surface area (Å²) in [6.45, 7) is 6.86. The van der Waals surface area contributed by atoms with Gasteiger partial charge in [-0.15, -0.1) is 0 Å². The van der Waals surface area contributed by atoms with E-state index in [9.17, 15) is 19.5 Å². The summed E-state index contributed by atoms with van der Waals surface area (Å²) in [6.07, 6.45) is 9.08. The number of allylic oxidation sites excluding steroid dienone is 1. The standard InChI is InChI=1S/C25H36O6/c1-15(26)30-14-22(28)25(29)12-9-21-19-6-5-17-13-18(31-16(2)27)7-10-23(17,3)20(19)8-11-24(21,25)4/h5,18-21,29H,6-14H2,1-4H3/t18?,19?,20?,21?,23-,24-,25-/m0/s1. The second-order valence-corrected chi connectivity index (χ2v) is 10.8. The van der Waals surface area contributed by atoms with Crippen LogP contribution in [0.3, 0.4) is 0 Å². The highest BCUT2D eigenvalue weighted by Gasteiger charge is 2.66. The van der Waals surface area contributed by atoms with E-state index in [4.69, 9.17) is 9.47 Å². The number of carbonyl (C=O) groups excluding carboxylic acids is 3. The highest BCUT2D eigenvalue weighted by atomic mass is 16.5. The van der Waals surface area contributed by atoms with Gasteiger partial charge in [0.25, 0.3) is 0 Å². The average molecular weight is 433 g/mol. The van der Waals surface area contributed by atoms with Gasteiger partial charge in [-0.3, -0.25) is 14.4 Å². The lowest BCUT2D eigenvalue weighted by atomic mass is 9.46. The van der Waals surface area contributed by atoms with E-state index in [0.29, 0.717) is 18.3 Å². The fraction of sp³-hybridized carbons (Fsp3) is 0.800. The molecule has 4 aliphatic carbocycles. The molecule has 4 aliphatic rings. The van der Waals surface area contributed by atoms with Crippen molar-refractivity contribution in [3.05, 3.63) is 11.6 Å². The molecule has 0 aliphatic heterocycles. The summed E-state index contributed by atoms with van der Waals surface area (Å²) >= 11 is 0. The summed E-state index contributed by atoms with van der Waals surface area (Å²) in [5, 5.41) is 11.5. The number of rotatable bonds is 4. The van der Waals surface area contributed by atoms with Gasteiger partial charge in [-0.05, 0) is 68.1 Å². The van der Waals surface area contributed by atoms with Crippen LogP contribution in [0.25, 0.3) is 0 Å². The molecule has 1 N–H and O–H groups in total. The molecule has 3 saturated carbocycles. The Morgan fingerprint density at radius 3 is 2.42 bits per heavy atom. The average Bonchev–Trinajstić information content (AvgIpc) is 2.98. The second kappa shape index (κ2) is 7.72. The van der Waals surface area contributed by atoms with Gasteiger partial charge in [-0.2, -0.15) is 0 Å². The van der Waals surface area contributed by atoms with Crippen LogP contribution in [0.5, 0.6) is 0 Å². The summed E-state index contributed by atoms with van der Waals surface area (Å²) in [4.78, 5) is 35.5. The molecule has 0 aromatic rings. The van der Waals surface area contributed by atoms with Crippen molar-refractivity contribution in [2.45, 2.75) is 90.8 Å². The number of ketones is 1. The minimum absolute atomic E-state index is 0.0160. The minimum Gasteiger partial charge on any atom is -0.462 e. The molecule has 0 amide bonds. The molecule has 0 heterocycles. The molecule has 0 aromatic carbocycles. The van der Waals surface area contributed by atoms with Crippen LogP contribution in [0.4, 0.5) is 0 Å². The number of aliphatic hydroxyl groups is 1. The maximum absolute atomic E-state index is 12.9. The Bertz CT molecular complexity index is 817. The first-order valence-electron chi connectivity index (χ1n) is 11.8. The SMILES string of the molecule is CC(=O)OCC(=O)[C@@]1(O)CCC2C3CC=C4CC(OC(C)=O)CC[C@]4(C)C3CC[C@@]21C. The van der Waals surface area contributed by atoms with Crippen LogP contribution in [-0.4, -0.2) is 41.1 Å². The van der Waals surface area contributed by atoms with Crippen molar-refractivity contribution >= 4 is 17.7 Å². The van der Waals surface area contributed by atoms with Crippen LogP contribution in [0.15, 0.2) is 11.6 Å². The van der Waals surface area contributed by atoms with Crippen LogP contribution in [0, 0.1) is 28.6 Å². The third-order valence-electron chi connectivity index (χ3n) is 9.41. The molecule has 7 atom stereocenters. The van der Waals surface area contributed by atoms with Gasteiger partial charge in [0.1, 0.15) is 11.7 Å². The summed E-state index contributed by atoms with van der Waals surface area (Å²) < 4.78 is 10.5. The zero-order chi connectivity index (χ0) is 22.6. The highest BCUT2D eigenvalue weighted by molar-refractivity contribution is 5.90. The van der Waals surface area contributed by atoms with Crippen molar-refractivity contribution in [3.63, 3.8) is 0 Å². The van der Waals surface area contributed by atoms with Gasteiger partial charge >= 0.3 is 11.9 Å². The molecule has 4 rings (SSSR count). The number of carbonyl (C=O) groups is 3. The van der Waals surface area contributed by atoms with Gasteiger partial charge in [0, 0.05) is 25.7 Å². The Morgan fingerprint density at radius 2 is 1.74 bits per heavy atom. The van der Waals surface area contributed by atoms with Gasteiger partial charge in [-0.1, -0.05) is 25.5 Å².